The van der Waals surface area contributed by atoms with E-state index in [0.717, 1.165) is 50.1 Å². The highest BCUT2D eigenvalue weighted by atomic mass is 35.5. The lowest BCUT2D eigenvalue weighted by Gasteiger charge is -2.32. The number of carbonyl (C=O) groups is 1. The van der Waals surface area contributed by atoms with Crippen molar-refractivity contribution in [3.8, 4) is 5.75 Å². The third kappa shape index (κ3) is 6.36. The molecule has 0 unspecified atom stereocenters. The largest absolute Gasteiger partial charge is 0.493 e. The van der Waals surface area contributed by atoms with Crippen LogP contribution in [0.25, 0.3) is 0 Å². The second kappa shape index (κ2) is 11.3. The number of anilines is 1. The number of aliphatic hydroxyl groups is 1. The van der Waals surface area contributed by atoms with E-state index < -0.39 is 5.82 Å². The van der Waals surface area contributed by atoms with Gasteiger partial charge in [-0.2, -0.15) is 0 Å². The molecule has 2 fully saturated rings. The minimum atomic E-state index is -0.441. The van der Waals surface area contributed by atoms with E-state index in [4.69, 9.17) is 21.4 Å². The van der Waals surface area contributed by atoms with E-state index in [1.165, 1.54) is 17.4 Å². The van der Waals surface area contributed by atoms with E-state index in [2.05, 4.69) is 14.9 Å². The quantitative estimate of drug-likeness (QED) is 0.548. The highest BCUT2D eigenvalue weighted by molar-refractivity contribution is 6.30. The number of aliphatic hydroxyl groups excluding tert-OH is 1. The van der Waals surface area contributed by atoms with Gasteiger partial charge in [0.25, 0.3) is 0 Å². The number of hydrogen-bond donors (Lipinski definition) is 1. The molecule has 4 rings (SSSR count). The third-order valence-corrected chi connectivity index (χ3v) is 7.19. The number of aromatic nitrogens is 2. The second-order valence-corrected chi connectivity index (χ2v) is 9.73. The molecule has 0 radical (unpaired) electrons. The van der Waals surface area contributed by atoms with Crippen LogP contribution in [0.1, 0.15) is 31.2 Å². The van der Waals surface area contributed by atoms with Gasteiger partial charge in [-0.15, -0.1) is 0 Å². The Bertz CT molecular complexity index is 969. The Morgan fingerprint density at radius 1 is 1.29 bits per heavy atom. The van der Waals surface area contributed by atoms with Crippen LogP contribution in [0.15, 0.2) is 30.6 Å². The van der Waals surface area contributed by atoms with Crippen LogP contribution in [0.5, 0.6) is 5.75 Å². The van der Waals surface area contributed by atoms with E-state index in [1.54, 1.807) is 31.6 Å². The van der Waals surface area contributed by atoms with Crippen molar-refractivity contribution >= 4 is 23.5 Å². The van der Waals surface area contributed by atoms with Crippen molar-refractivity contribution in [1.29, 1.82) is 0 Å². The molecule has 0 bridgehead atoms. The monoisotopic (exact) mass is 490 g/mol. The fourth-order valence-corrected chi connectivity index (χ4v) is 4.94. The molecule has 1 amide bonds. The summed E-state index contributed by atoms with van der Waals surface area (Å²) in [5.41, 5.74) is 0.333. The number of rotatable bonds is 10. The number of hydrogen-bond acceptors (Lipinski definition) is 6. The molecule has 1 saturated carbocycles. The first-order chi connectivity index (χ1) is 16.4. The Morgan fingerprint density at radius 2 is 2.03 bits per heavy atom. The summed E-state index contributed by atoms with van der Waals surface area (Å²) < 4.78 is 20.2. The van der Waals surface area contributed by atoms with Crippen LogP contribution in [0.3, 0.4) is 0 Å². The topological polar surface area (TPSA) is 78.8 Å². The summed E-state index contributed by atoms with van der Waals surface area (Å²) >= 11 is 5.88. The molecule has 1 saturated heterocycles. The van der Waals surface area contributed by atoms with Crippen molar-refractivity contribution in [3.05, 3.63) is 47.0 Å². The number of amides is 1. The molecule has 1 aliphatic carbocycles. The van der Waals surface area contributed by atoms with Gasteiger partial charge in [0.05, 0.1) is 37.1 Å². The molecule has 1 aromatic carbocycles. The number of ether oxygens (including phenoxy) is 1. The van der Waals surface area contributed by atoms with E-state index in [-0.39, 0.29) is 25.5 Å². The molecule has 2 heterocycles. The van der Waals surface area contributed by atoms with Crippen LogP contribution in [-0.4, -0.2) is 65.8 Å². The normalized spacial score (nSPS) is 20.3. The Balaban J connectivity index is 1.16. The van der Waals surface area contributed by atoms with Crippen molar-refractivity contribution in [2.45, 2.75) is 32.1 Å². The van der Waals surface area contributed by atoms with Crippen molar-refractivity contribution in [1.82, 2.24) is 14.9 Å². The van der Waals surface area contributed by atoms with Crippen molar-refractivity contribution in [2.24, 2.45) is 17.8 Å². The van der Waals surface area contributed by atoms with Crippen molar-refractivity contribution in [3.63, 3.8) is 0 Å². The molecule has 7 nitrogen and oxygen atoms in total. The SMILES string of the molecule is CN(CCO)C(=O)Cc1ccc(OCC[C@@H]2C[C@@H]2C2CCN(c3ncc(Cl)cn3)CC2)cc1F. The zero-order valence-electron chi connectivity index (χ0n) is 19.5. The van der Waals surface area contributed by atoms with Crippen LogP contribution in [0.2, 0.25) is 5.02 Å². The van der Waals surface area contributed by atoms with Crippen molar-refractivity contribution < 1.29 is 19.0 Å². The van der Waals surface area contributed by atoms with E-state index >= 15 is 0 Å². The summed E-state index contributed by atoms with van der Waals surface area (Å²) in [5, 5.41) is 9.48. The van der Waals surface area contributed by atoms with Gasteiger partial charge in [-0.25, -0.2) is 14.4 Å². The molecule has 2 atom stereocenters. The number of halogens is 2. The zero-order valence-corrected chi connectivity index (χ0v) is 20.3. The molecule has 34 heavy (non-hydrogen) atoms. The molecule has 0 spiro atoms. The number of likely N-dealkylation sites (N-methyl/N-ethyl adjacent to an activating group) is 1. The van der Waals surface area contributed by atoms with Gasteiger partial charge in [0, 0.05) is 32.7 Å². The standard InChI is InChI=1S/C25H32ClFN4O3/c1-30(9-10-32)24(33)13-19-2-3-21(14-23(19)27)34-11-6-18-12-22(18)17-4-7-31(8-5-17)25-28-15-20(26)16-29-25/h2-3,14-18,22,32H,4-13H2,1H3/t18-,22-/m1/s1. The molecule has 1 aromatic heterocycles. The predicted octanol–water partition coefficient (Wildman–Crippen LogP) is 3.58. The maximum atomic E-state index is 14.4. The average molecular weight is 491 g/mol. The van der Waals surface area contributed by atoms with Gasteiger partial charge < -0.3 is 19.6 Å². The highest BCUT2D eigenvalue weighted by Gasteiger charge is 2.43. The van der Waals surface area contributed by atoms with Gasteiger partial charge in [-0.1, -0.05) is 17.7 Å². The zero-order chi connectivity index (χ0) is 24.1. The van der Waals surface area contributed by atoms with E-state index in [9.17, 15) is 9.18 Å². The summed E-state index contributed by atoms with van der Waals surface area (Å²) in [6.07, 6.45) is 7.75. The maximum Gasteiger partial charge on any atom is 0.226 e. The molecule has 2 aromatic rings. The smallest absolute Gasteiger partial charge is 0.226 e. The van der Waals surface area contributed by atoms with Gasteiger partial charge in [0.1, 0.15) is 11.6 Å². The first-order valence-electron chi connectivity index (χ1n) is 11.9. The molecule has 1 N–H and O–H groups in total. The lowest BCUT2D eigenvalue weighted by atomic mass is 9.90. The van der Waals surface area contributed by atoms with Gasteiger partial charge in [0.15, 0.2) is 0 Å². The number of carbonyl (C=O) groups excluding carboxylic acids is 1. The Labute approximate surface area is 204 Å². The number of nitrogens with zero attached hydrogens (tertiary/aromatic N) is 4. The lowest BCUT2D eigenvalue weighted by Crippen LogP contribution is -2.35. The number of piperidine rings is 1. The van der Waals surface area contributed by atoms with Gasteiger partial charge in [0.2, 0.25) is 11.9 Å². The Hall–Kier alpha value is -2.45. The first-order valence-corrected chi connectivity index (χ1v) is 12.3. The second-order valence-electron chi connectivity index (χ2n) is 9.29. The van der Waals surface area contributed by atoms with E-state index in [0.29, 0.717) is 28.9 Å². The van der Waals surface area contributed by atoms with Crippen LogP contribution in [-0.2, 0) is 11.2 Å². The van der Waals surface area contributed by atoms with E-state index in [1.807, 2.05) is 0 Å². The average Bonchev–Trinajstić information content (AvgIpc) is 3.61. The summed E-state index contributed by atoms with van der Waals surface area (Å²) in [7, 11) is 1.59. The highest BCUT2D eigenvalue weighted by Crippen LogP contribution is 2.49. The summed E-state index contributed by atoms with van der Waals surface area (Å²) in [5.74, 6) is 2.73. The molecular formula is C25H32ClFN4O3. The molecule has 2 aliphatic rings. The maximum absolute atomic E-state index is 14.4. The fraction of sp³-hybridized carbons (Fsp3) is 0.560. The van der Waals surface area contributed by atoms with Crippen LogP contribution >= 0.6 is 11.6 Å². The van der Waals surface area contributed by atoms with Crippen LogP contribution < -0.4 is 9.64 Å². The van der Waals surface area contributed by atoms with Crippen molar-refractivity contribution in [2.75, 3.05) is 44.8 Å². The number of benzene rings is 1. The van der Waals surface area contributed by atoms with Gasteiger partial charge in [-0.05, 0) is 55.1 Å². The lowest BCUT2D eigenvalue weighted by molar-refractivity contribution is -0.129. The molecule has 9 heteroatoms. The molecule has 1 aliphatic heterocycles. The van der Waals surface area contributed by atoms with Gasteiger partial charge >= 0.3 is 0 Å². The molecule has 184 valence electrons. The van der Waals surface area contributed by atoms with Crippen LogP contribution in [0.4, 0.5) is 10.3 Å². The first kappa shape index (κ1) is 24.7. The minimum Gasteiger partial charge on any atom is -0.493 e. The minimum absolute atomic E-state index is 0.0324. The van der Waals surface area contributed by atoms with Crippen LogP contribution in [0, 0.1) is 23.6 Å². The summed E-state index contributed by atoms with van der Waals surface area (Å²) in [6, 6.07) is 4.68. The Kier molecular flexibility index (Phi) is 8.21. The summed E-state index contributed by atoms with van der Waals surface area (Å²) in [6.45, 7) is 2.62. The van der Waals surface area contributed by atoms with Gasteiger partial charge in [-0.3, -0.25) is 4.79 Å². The molecular weight excluding hydrogens is 459 g/mol. The third-order valence-electron chi connectivity index (χ3n) is 7.00. The fourth-order valence-electron chi connectivity index (χ4n) is 4.84. The predicted molar refractivity (Wildman–Crippen MR) is 129 cm³/mol. The summed E-state index contributed by atoms with van der Waals surface area (Å²) in [4.78, 5) is 24.3. The Morgan fingerprint density at radius 3 is 2.71 bits per heavy atom.